The van der Waals surface area contributed by atoms with Gasteiger partial charge >= 0.3 is 0 Å². The number of benzene rings is 1. The molecule has 1 amide bonds. The molecule has 0 saturated heterocycles. The van der Waals surface area contributed by atoms with Crippen molar-refractivity contribution in [3.63, 3.8) is 0 Å². The quantitative estimate of drug-likeness (QED) is 0.885. The lowest BCUT2D eigenvalue weighted by molar-refractivity contribution is -0.119. The molecule has 0 radical (unpaired) electrons. The Morgan fingerprint density at radius 1 is 1.50 bits per heavy atom. The van der Waals surface area contributed by atoms with Gasteiger partial charge in [0.05, 0.1) is 12.5 Å². The molecule has 98 valence electrons. The molecule has 2 unspecified atom stereocenters. The molecule has 0 aliphatic carbocycles. The van der Waals surface area contributed by atoms with Gasteiger partial charge in [-0.05, 0) is 23.6 Å². The number of ether oxygens (including phenoxy) is 1. The highest BCUT2D eigenvalue weighted by atomic mass is 16.5. The van der Waals surface area contributed by atoms with Crippen molar-refractivity contribution in [2.45, 2.75) is 25.4 Å². The number of carbonyl (C=O) groups is 1. The highest BCUT2D eigenvalue weighted by Crippen LogP contribution is 2.39. The van der Waals surface area contributed by atoms with Gasteiger partial charge in [0.25, 0.3) is 0 Å². The van der Waals surface area contributed by atoms with Gasteiger partial charge in [-0.25, -0.2) is 0 Å². The summed E-state index contributed by atoms with van der Waals surface area (Å²) in [5.41, 5.74) is 2.76. The van der Waals surface area contributed by atoms with Crippen molar-refractivity contribution in [2.75, 3.05) is 25.7 Å². The lowest BCUT2D eigenvalue weighted by Gasteiger charge is -2.13. The Labute approximate surface area is 107 Å². The van der Waals surface area contributed by atoms with Crippen molar-refractivity contribution in [2.24, 2.45) is 0 Å². The fourth-order valence-electron chi connectivity index (χ4n) is 2.50. The summed E-state index contributed by atoms with van der Waals surface area (Å²) in [6.07, 6.45) is 0.138. The third kappa shape index (κ3) is 2.02. The van der Waals surface area contributed by atoms with Gasteiger partial charge in [-0.15, -0.1) is 0 Å². The van der Waals surface area contributed by atoms with Gasteiger partial charge in [0.2, 0.25) is 5.91 Å². The third-order valence-corrected chi connectivity index (χ3v) is 3.53. The number of likely N-dealkylation sites (N-methyl/N-ethyl adjacent to an activating group) is 1. The highest BCUT2D eigenvalue weighted by Gasteiger charge is 2.34. The van der Waals surface area contributed by atoms with Crippen LogP contribution in [0, 0.1) is 0 Å². The fraction of sp³-hybridized carbons (Fsp3) is 0.500. The van der Waals surface area contributed by atoms with E-state index in [0.29, 0.717) is 0 Å². The van der Waals surface area contributed by atoms with Crippen molar-refractivity contribution in [3.8, 4) is 0 Å². The van der Waals surface area contributed by atoms with Crippen LogP contribution in [0.2, 0.25) is 0 Å². The molecule has 1 N–H and O–H groups in total. The monoisotopic (exact) mass is 249 g/mol. The van der Waals surface area contributed by atoms with Gasteiger partial charge in [0.15, 0.2) is 0 Å². The predicted octanol–water partition coefficient (Wildman–Crippen LogP) is 1.84. The average molecular weight is 249 g/mol. The van der Waals surface area contributed by atoms with E-state index in [4.69, 9.17) is 4.74 Å². The first-order chi connectivity index (χ1) is 8.60. The van der Waals surface area contributed by atoms with Gasteiger partial charge in [0, 0.05) is 19.8 Å². The summed E-state index contributed by atoms with van der Waals surface area (Å²) in [6.45, 7) is 2.27. The van der Waals surface area contributed by atoms with Gasteiger partial charge < -0.3 is 14.7 Å². The molecular weight excluding hydrogens is 230 g/mol. The van der Waals surface area contributed by atoms with Crippen LogP contribution in [0.3, 0.4) is 0 Å². The van der Waals surface area contributed by atoms with E-state index in [1.165, 1.54) is 0 Å². The number of rotatable bonds is 4. The molecule has 1 aromatic carbocycles. The first-order valence-electron chi connectivity index (χ1n) is 6.18. The number of methoxy groups -OCH3 is 1. The lowest BCUT2D eigenvalue weighted by Crippen LogP contribution is -2.23. The molecule has 1 aromatic rings. The van der Waals surface area contributed by atoms with Gasteiger partial charge in [-0.3, -0.25) is 4.79 Å². The normalized spacial score (nSPS) is 20.1. The molecule has 2 rings (SSSR count). The van der Waals surface area contributed by atoms with Gasteiger partial charge in [0.1, 0.15) is 6.10 Å². The number of aliphatic hydroxyl groups is 1. The van der Waals surface area contributed by atoms with Crippen LogP contribution in [0.1, 0.15) is 36.5 Å². The summed E-state index contributed by atoms with van der Waals surface area (Å²) >= 11 is 0. The van der Waals surface area contributed by atoms with Crippen LogP contribution in [-0.2, 0) is 9.53 Å². The average Bonchev–Trinajstić information content (AvgIpc) is 2.61. The Kier molecular flexibility index (Phi) is 3.68. The van der Waals surface area contributed by atoms with Crippen LogP contribution in [-0.4, -0.2) is 31.8 Å². The first kappa shape index (κ1) is 13.1. The lowest BCUT2D eigenvalue weighted by atomic mass is 9.95. The van der Waals surface area contributed by atoms with Crippen LogP contribution in [0.25, 0.3) is 0 Å². The van der Waals surface area contributed by atoms with E-state index in [1.54, 1.807) is 19.1 Å². The minimum absolute atomic E-state index is 0.0836. The second kappa shape index (κ2) is 5.08. The number of anilines is 1. The number of fused-ring (bicyclic) bond motifs is 1. The SMILES string of the molecule is CCC1C(=O)N(C)c2ccc(C(O)COC)cc21. The minimum atomic E-state index is -0.640. The standard InChI is InChI=1S/C14H19NO3/c1-4-10-11-7-9(13(16)8-18-3)5-6-12(11)15(2)14(10)17/h5-7,10,13,16H,4,8H2,1-3H3. The zero-order valence-corrected chi connectivity index (χ0v) is 11.0. The molecule has 4 nitrogen and oxygen atoms in total. The Hall–Kier alpha value is -1.39. The highest BCUT2D eigenvalue weighted by molar-refractivity contribution is 6.04. The number of hydrogen-bond acceptors (Lipinski definition) is 3. The Morgan fingerprint density at radius 2 is 2.22 bits per heavy atom. The van der Waals surface area contributed by atoms with E-state index in [9.17, 15) is 9.90 Å². The predicted molar refractivity (Wildman–Crippen MR) is 69.7 cm³/mol. The molecular formula is C14H19NO3. The maximum absolute atomic E-state index is 12.0. The number of nitrogens with zero attached hydrogens (tertiary/aromatic N) is 1. The Balaban J connectivity index is 2.38. The molecule has 0 saturated carbocycles. The summed E-state index contributed by atoms with van der Waals surface area (Å²) in [7, 11) is 3.35. The van der Waals surface area contributed by atoms with Crippen molar-refractivity contribution in [3.05, 3.63) is 29.3 Å². The number of hydrogen-bond donors (Lipinski definition) is 1. The fourth-order valence-corrected chi connectivity index (χ4v) is 2.50. The third-order valence-electron chi connectivity index (χ3n) is 3.53. The van der Waals surface area contributed by atoms with Crippen LogP contribution in [0.5, 0.6) is 0 Å². The van der Waals surface area contributed by atoms with Gasteiger partial charge in [-0.2, -0.15) is 0 Å². The molecule has 1 heterocycles. The molecule has 1 aliphatic heterocycles. The van der Waals surface area contributed by atoms with E-state index in [2.05, 4.69) is 0 Å². The zero-order valence-electron chi connectivity index (χ0n) is 11.0. The van der Waals surface area contributed by atoms with Crippen molar-refractivity contribution in [1.29, 1.82) is 0 Å². The molecule has 18 heavy (non-hydrogen) atoms. The van der Waals surface area contributed by atoms with E-state index in [1.807, 2.05) is 25.1 Å². The Morgan fingerprint density at radius 3 is 2.83 bits per heavy atom. The molecule has 0 fully saturated rings. The maximum atomic E-state index is 12.0. The van der Waals surface area contributed by atoms with Crippen molar-refractivity contribution in [1.82, 2.24) is 0 Å². The summed E-state index contributed by atoms with van der Waals surface area (Å²) in [5.74, 6) is 0.0468. The molecule has 0 bridgehead atoms. The van der Waals surface area contributed by atoms with E-state index in [0.717, 1.165) is 23.2 Å². The van der Waals surface area contributed by atoms with Crippen LogP contribution in [0.15, 0.2) is 18.2 Å². The molecule has 0 spiro atoms. The maximum Gasteiger partial charge on any atom is 0.234 e. The number of amides is 1. The smallest absolute Gasteiger partial charge is 0.234 e. The largest absolute Gasteiger partial charge is 0.386 e. The summed E-state index contributed by atoms with van der Waals surface area (Å²) < 4.78 is 4.95. The number of aliphatic hydroxyl groups excluding tert-OH is 1. The van der Waals surface area contributed by atoms with Crippen LogP contribution >= 0.6 is 0 Å². The van der Waals surface area contributed by atoms with Crippen molar-refractivity contribution < 1.29 is 14.6 Å². The van der Waals surface area contributed by atoms with Crippen LogP contribution < -0.4 is 4.90 Å². The minimum Gasteiger partial charge on any atom is -0.386 e. The molecule has 1 aliphatic rings. The zero-order chi connectivity index (χ0) is 13.3. The number of carbonyl (C=O) groups excluding carboxylic acids is 1. The van der Waals surface area contributed by atoms with E-state index < -0.39 is 6.10 Å². The molecule has 4 heteroatoms. The van der Waals surface area contributed by atoms with Gasteiger partial charge in [-0.1, -0.05) is 19.1 Å². The molecule has 2 atom stereocenters. The Bertz CT molecular complexity index is 458. The van der Waals surface area contributed by atoms with E-state index in [-0.39, 0.29) is 18.4 Å². The topological polar surface area (TPSA) is 49.8 Å². The summed E-state index contributed by atoms with van der Waals surface area (Å²) in [5, 5.41) is 9.92. The van der Waals surface area contributed by atoms with Crippen molar-refractivity contribution >= 4 is 11.6 Å². The first-order valence-corrected chi connectivity index (χ1v) is 6.18. The summed E-state index contributed by atoms with van der Waals surface area (Å²) in [4.78, 5) is 13.7. The molecule has 0 aromatic heterocycles. The second-order valence-electron chi connectivity index (χ2n) is 4.65. The van der Waals surface area contributed by atoms with E-state index >= 15 is 0 Å². The van der Waals surface area contributed by atoms with Crippen LogP contribution in [0.4, 0.5) is 5.69 Å². The summed E-state index contributed by atoms with van der Waals surface area (Å²) in [6, 6.07) is 5.68. The second-order valence-corrected chi connectivity index (χ2v) is 4.65.